The zero-order valence-electron chi connectivity index (χ0n) is 14.2. The van der Waals surface area contributed by atoms with E-state index in [1.165, 1.54) is 24.6 Å². The number of esters is 1. The number of benzene rings is 1. The van der Waals surface area contributed by atoms with Crippen LogP contribution in [0.15, 0.2) is 48.6 Å². The number of rotatable bonds is 6. The van der Waals surface area contributed by atoms with Gasteiger partial charge in [-0.1, -0.05) is 18.2 Å². The molecule has 0 bridgehead atoms. The zero-order chi connectivity index (χ0) is 17.5. The molecule has 0 radical (unpaired) electrons. The maximum absolute atomic E-state index is 12.0. The number of ether oxygens (including phenoxy) is 1. The van der Waals surface area contributed by atoms with Gasteiger partial charge < -0.3 is 14.6 Å². The van der Waals surface area contributed by atoms with Gasteiger partial charge in [0.2, 0.25) is 0 Å². The van der Waals surface area contributed by atoms with Crippen molar-refractivity contribution in [2.75, 3.05) is 13.7 Å². The third kappa shape index (κ3) is 4.59. The molecular formula is C19H22N2O3. The number of hydrogen-bond donors (Lipinski definition) is 1. The van der Waals surface area contributed by atoms with Gasteiger partial charge in [-0.25, -0.2) is 4.79 Å². The Labute approximate surface area is 141 Å². The summed E-state index contributed by atoms with van der Waals surface area (Å²) in [6.45, 7) is 5.22. The first-order valence-electron chi connectivity index (χ1n) is 7.75. The van der Waals surface area contributed by atoms with E-state index < -0.39 is 5.97 Å². The number of aromatic nitrogens is 1. The molecule has 2 rings (SSSR count). The Hall–Kier alpha value is -2.82. The first-order chi connectivity index (χ1) is 11.5. The third-order valence-electron chi connectivity index (χ3n) is 3.81. The van der Waals surface area contributed by atoms with Gasteiger partial charge in [-0.15, -0.1) is 0 Å². The van der Waals surface area contributed by atoms with Crippen LogP contribution in [0.2, 0.25) is 0 Å². The van der Waals surface area contributed by atoms with E-state index in [1.54, 1.807) is 6.08 Å². The minimum atomic E-state index is -0.441. The maximum atomic E-state index is 12.0. The van der Waals surface area contributed by atoms with Crippen LogP contribution < -0.4 is 5.32 Å². The number of carbonyl (C=O) groups excluding carboxylic acids is 2. The van der Waals surface area contributed by atoms with E-state index >= 15 is 0 Å². The Morgan fingerprint density at radius 2 is 1.71 bits per heavy atom. The summed E-state index contributed by atoms with van der Waals surface area (Å²) >= 11 is 0. The molecule has 0 saturated heterocycles. The van der Waals surface area contributed by atoms with Crippen molar-refractivity contribution >= 4 is 11.9 Å². The highest BCUT2D eigenvalue weighted by Gasteiger charge is 2.06. The first kappa shape index (κ1) is 17.5. The number of methoxy groups -OCH3 is 1. The normalized spacial score (nSPS) is 10.8. The molecule has 0 aliphatic carbocycles. The van der Waals surface area contributed by atoms with Crippen molar-refractivity contribution in [3.63, 3.8) is 0 Å². The second-order valence-corrected chi connectivity index (χ2v) is 5.53. The lowest BCUT2D eigenvalue weighted by Crippen LogP contribution is -2.23. The molecule has 5 heteroatoms. The van der Waals surface area contributed by atoms with Gasteiger partial charge in [0.1, 0.15) is 0 Å². The molecule has 0 aliphatic heterocycles. The average molecular weight is 326 g/mol. The second kappa shape index (κ2) is 8.15. The van der Waals surface area contributed by atoms with Crippen molar-refractivity contribution in [3.05, 3.63) is 71.1 Å². The van der Waals surface area contributed by atoms with E-state index in [0.29, 0.717) is 5.56 Å². The van der Waals surface area contributed by atoms with Crippen molar-refractivity contribution in [2.45, 2.75) is 20.4 Å². The quantitative estimate of drug-likeness (QED) is 0.656. The minimum Gasteiger partial charge on any atom is -0.466 e. The van der Waals surface area contributed by atoms with E-state index in [4.69, 9.17) is 0 Å². The molecule has 0 aliphatic rings. The number of nitrogens with one attached hydrogen (secondary N) is 1. The standard InChI is InChI=1S/C19H22N2O3/c1-14-6-7-15(2)21(14)13-16-8-10-17(11-9-16)19(23)20-12-4-5-18(22)24-3/h4-11H,12-13H2,1-3H3,(H,20,23)/b5-4+. The van der Waals surface area contributed by atoms with Gasteiger partial charge in [0.05, 0.1) is 7.11 Å². The van der Waals surface area contributed by atoms with Crippen LogP contribution in [0.3, 0.4) is 0 Å². The van der Waals surface area contributed by atoms with Crippen LogP contribution in [0.25, 0.3) is 0 Å². The van der Waals surface area contributed by atoms with Crippen molar-refractivity contribution in [2.24, 2.45) is 0 Å². The fraction of sp³-hybridized carbons (Fsp3) is 0.263. The highest BCUT2D eigenvalue weighted by molar-refractivity contribution is 5.94. The molecule has 24 heavy (non-hydrogen) atoms. The lowest BCUT2D eigenvalue weighted by molar-refractivity contribution is -0.134. The monoisotopic (exact) mass is 326 g/mol. The molecular weight excluding hydrogens is 304 g/mol. The fourth-order valence-electron chi connectivity index (χ4n) is 2.37. The molecule has 0 atom stereocenters. The molecule has 2 aromatic rings. The van der Waals surface area contributed by atoms with Crippen LogP contribution in [-0.4, -0.2) is 30.1 Å². The number of carbonyl (C=O) groups is 2. The van der Waals surface area contributed by atoms with E-state index in [-0.39, 0.29) is 12.5 Å². The summed E-state index contributed by atoms with van der Waals surface area (Å²) < 4.78 is 6.70. The van der Waals surface area contributed by atoms with Crippen LogP contribution >= 0.6 is 0 Å². The van der Waals surface area contributed by atoms with Crippen LogP contribution in [0.1, 0.15) is 27.3 Å². The summed E-state index contributed by atoms with van der Waals surface area (Å²) in [6.07, 6.45) is 2.83. The summed E-state index contributed by atoms with van der Waals surface area (Å²) in [5.74, 6) is -0.617. The van der Waals surface area contributed by atoms with Crippen molar-refractivity contribution < 1.29 is 14.3 Å². The van der Waals surface area contributed by atoms with Crippen molar-refractivity contribution in [1.82, 2.24) is 9.88 Å². The molecule has 5 nitrogen and oxygen atoms in total. The van der Waals surface area contributed by atoms with Crippen molar-refractivity contribution in [3.8, 4) is 0 Å². The highest BCUT2D eigenvalue weighted by atomic mass is 16.5. The zero-order valence-corrected chi connectivity index (χ0v) is 14.2. The molecule has 0 saturated carbocycles. The Bertz CT molecular complexity index is 723. The number of aryl methyl sites for hydroxylation is 2. The predicted molar refractivity (Wildman–Crippen MR) is 92.9 cm³/mol. The fourth-order valence-corrected chi connectivity index (χ4v) is 2.37. The lowest BCUT2D eigenvalue weighted by atomic mass is 10.1. The summed E-state index contributed by atoms with van der Waals surface area (Å²) in [7, 11) is 1.31. The molecule has 126 valence electrons. The van der Waals surface area contributed by atoms with Crippen LogP contribution in [0.4, 0.5) is 0 Å². The number of nitrogens with zero attached hydrogens (tertiary/aromatic N) is 1. The average Bonchev–Trinajstić information content (AvgIpc) is 2.90. The van der Waals surface area contributed by atoms with Gasteiger partial charge in [-0.2, -0.15) is 0 Å². The minimum absolute atomic E-state index is 0.176. The Kier molecular flexibility index (Phi) is 5.95. The van der Waals surface area contributed by atoms with Crippen LogP contribution in [-0.2, 0) is 16.1 Å². The SMILES string of the molecule is COC(=O)/C=C/CNC(=O)c1ccc(Cn2c(C)ccc2C)cc1. The second-order valence-electron chi connectivity index (χ2n) is 5.53. The van der Waals surface area contributed by atoms with Crippen molar-refractivity contribution in [1.29, 1.82) is 0 Å². The van der Waals surface area contributed by atoms with E-state index in [9.17, 15) is 9.59 Å². The Morgan fingerprint density at radius 1 is 1.08 bits per heavy atom. The maximum Gasteiger partial charge on any atom is 0.330 e. The molecule has 0 spiro atoms. The van der Waals surface area contributed by atoms with Gasteiger partial charge in [0, 0.05) is 36.1 Å². The third-order valence-corrected chi connectivity index (χ3v) is 3.81. The molecule has 1 heterocycles. The van der Waals surface area contributed by atoms with E-state index in [0.717, 1.165) is 12.1 Å². The summed E-state index contributed by atoms with van der Waals surface area (Å²) in [6, 6.07) is 11.7. The highest BCUT2D eigenvalue weighted by Crippen LogP contribution is 2.12. The van der Waals surface area contributed by atoms with Gasteiger partial charge >= 0.3 is 5.97 Å². The summed E-state index contributed by atoms with van der Waals surface area (Å²) in [4.78, 5) is 22.9. The van der Waals surface area contributed by atoms with E-state index in [1.807, 2.05) is 24.3 Å². The van der Waals surface area contributed by atoms with Crippen LogP contribution in [0.5, 0.6) is 0 Å². The number of amides is 1. The van der Waals surface area contributed by atoms with Gasteiger partial charge in [-0.3, -0.25) is 4.79 Å². The Morgan fingerprint density at radius 3 is 2.29 bits per heavy atom. The largest absolute Gasteiger partial charge is 0.466 e. The first-order valence-corrected chi connectivity index (χ1v) is 7.75. The predicted octanol–water partition coefficient (Wildman–Crippen LogP) is 2.61. The molecule has 0 unspecified atom stereocenters. The Balaban J connectivity index is 1.93. The van der Waals surface area contributed by atoms with Gasteiger partial charge in [-0.05, 0) is 43.7 Å². The molecule has 1 amide bonds. The smallest absolute Gasteiger partial charge is 0.330 e. The van der Waals surface area contributed by atoms with Crippen LogP contribution in [0, 0.1) is 13.8 Å². The summed E-state index contributed by atoms with van der Waals surface area (Å²) in [5.41, 5.74) is 4.16. The van der Waals surface area contributed by atoms with E-state index in [2.05, 4.69) is 40.6 Å². The molecule has 1 N–H and O–H groups in total. The topological polar surface area (TPSA) is 60.3 Å². The molecule has 0 fully saturated rings. The lowest BCUT2D eigenvalue weighted by Gasteiger charge is -2.10. The number of hydrogen-bond acceptors (Lipinski definition) is 3. The van der Waals surface area contributed by atoms with Gasteiger partial charge in [0.25, 0.3) is 5.91 Å². The van der Waals surface area contributed by atoms with Gasteiger partial charge in [0.15, 0.2) is 0 Å². The molecule has 1 aromatic carbocycles. The summed E-state index contributed by atoms with van der Waals surface area (Å²) in [5, 5.41) is 2.72. The molecule has 1 aromatic heterocycles.